The number of hydrogen-bond donors (Lipinski definition) is 2. The van der Waals surface area contributed by atoms with Crippen LogP contribution in [-0.4, -0.2) is 41.2 Å². The molecule has 1 fully saturated rings. The average molecular weight is 354 g/mol. The molecule has 1 saturated heterocycles. The topological polar surface area (TPSA) is 78.9 Å². The zero-order valence-corrected chi connectivity index (χ0v) is 14.6. The van der Waals surface area contributed by atoms with Gasteiger partial charge in [-0.25, -0.2) is 4.79 Å². The van der Waals surface area contributed by atoms with Crippen LogP contribution < -0.4 is 5.32 Å². The molecule has 2 aromatic carbocycles. The van der Waals surface area contributed by atoms with Gasteiger partial charge in [-0.3, -0.25) is 9.69 Å². The molecule has 1 heterocycles. The van der Waals surface area contributed by atoms with E-state index in [1.807, 2.05) is 37.3 Å². The maximum atomic E-state index is 13.0. The van der Waals surface area contributed by atoms with Gasteiger partial charge >= 0.3 is 6.09 Å². The maximum Gasteiger partial charge on any atom is 0.410 e. The van der Waals surface area contributed by atoms with Crippen molar-refractivity contribution in [2.45, 2.75) is 25.8 Å². The second kappa shape index (κ2) is 7.91. The number of anilines is 1. The van der Waals surface area contributed by atoms with Crippen molar-refractivity contribution in [1.29, 1.82) is 0 Å². The molecular weight excluding hydrogens is 332 g/mol. The molecule has 1 aliphatic heterocycles. The third kappa shape index (κ3) is 4.14. The van der Waals surface area contributed by atoms with Crippen LogP contribution in [-0.2, 0) is 16.0 Å². The Morgan fingerprint density at radius 3 is 2.77 bits per heavy atom. The molecule has 0 aromatic heterocycles. The molecule has 0 bridgehead atoms. The van der Waals surface area contributed by atoms with Crippen molar-refractivity contribution in [3.8, 4) is 5.75 Å². The molecule has 2 N–H and O–H groups in total. The highest BCUT2D eigenvalue weighted by atomic mass is 16.6. The maximum absolute atomic E-state index is 13.0. The average Bonchev–Trinajstić information content (AvgIpc) is 2.64. The van der Waals surface area contributed by atoms with Crippen LogP contribution in [0.2, 0.25) is 0 Å². The lowest BCUT2D eigenvalue weighted by molar-refractivity contribution is -0.121. The molecular formula is C20H22N2O4. The summed E-state index contributed by atoms with van der Waals surface area (Å²) in [6, 6.07) is 13.8. The van der Waals surface area contributed by atoms with Crippen molar-refractivity contribution in [1.82, 2.24) is 4.90 Å². The number of nitrogens with one attached hydrogen (secondary N) is 1. The Morgan fingerprint density at radius 2 is 2.04 bits per heavy atom. The molecule has 2 aromatic rings. The Hall–Kier alpha value is -3.02. The number of carbonyl (C=O) groups excluding carboxylic acids is 2. The largest absolute Gasteiger partial charge is 0.506 e. The van der Waals surface area contributed by atoms with Gasteiger partial charge < -0.3 is 15.2 Å². The van der Waals surface area contributed by atoms with E-state index in [1.165, 1.54) is 11.0 Å². The van der Waals surface area contributed by atoms with E-state index in [0.29, 0.717) is 31.7 Å². The number of carbonyl (C=O) groups is 2. The van der Waals surface area contributed by atoms with Crippen molar-refractivity contribution < 1.29 is 19.4 Å². The standard InChI is InChI=1S/C20H22N2O4/c1-14-8-9-18(23)16(12-14)21-19(24)17(13-15-6-3-2-4-7-15)22-10-5-11-26-20(22)25/h2-4,6-9,12,17,23H,5,10-11,13H2,1H3,(H,21,24)/t17-/m0/s1. The fourth-order valence-corrected chi connectivity index (χ4v) is 3.00. The molecule has 1 atom stereocenters. The van der Waals surface area contributed by atoms with Crippen molar-refractivity contribution in [3.05, 3.63) is 59.7 Å². The van der Waals surface area contributed by atoms with Crippen LogP contribution >= 0.6 is 0 Å². The summed E-state index contributed by atoms with van der Waals surface area (Å²) in [6.07, 6.45) is 0.565. The van der Waals surface area contributed by atoms with Crippen molar-refractivity contribution >= 4 is 17.7 Å². The Morgan fingerprint density at radius 1 is 1.27 bits per heavy atom. The predicted molar refractivity (Wildman–Crippen MR) is 98.1 cm³/mol. The Labute approximate surface area is 152 Å². The highest BCUT2D eigenvalue weighted by molar-refractivity contribution is 5.98. The van der Waals surface area contributed by atoms with Crippen LogP contribution in [0, 0.1) is 6.92 Å². The van der Waals surface area contributed by atoms with Crippen molar-refractivity contribution in [2.75, 3.05) is 18.5 Å². The van der Waals surface area contributed by atoms with E-state index >= 15 is 0 Å². The molecule has 0 spiro atoms. The van der Waals surface area contributed by atoms with Gasteiger partial charge in [-0.15, -0.1) is 0 Å². The second-order valence-corrected chi connectivity index (χ2v) is 6.38. The number of phenols is 1. The van der Waals surface area contributed by atoms with E-state index in [9.17, 15) is 14.7 Å². The van der Waals surface area contributed by atoms with Gasteiger partial charge in [0.1, 0.15) is 11.8 Å². The highest BCUT2D eigenvalue weighted by Crippen LogP contribution is 2.25. The van der Waals surface area contributed by atoms with E-state index in [-0.39, 0.29) is 11.7 Å². The summed E-state index contributed by atoms with van der Waals surface area (Å²) < 4.78 is 5.11. The third-order valence-corrected chi connectivity index (χ3v) is 4.36. The number of ether oxygens (including phenoxy) is 1. The lowest BCUT2D eigenvalue weighted by Gasteiger charge is -2.33. The van der Waals surface area contributed by atoms with Crippen LogP contribution in [0.15, 0.2) is 48.5 Å². The number of nitrogens with zero attached hydrogens (tertiary/aromatic N) is 1. The van der Waals surface area contributed by atoms with Gasteiger partial charge in [0.25, 0.3) is 0 Å². The molecule has 1 aliphatic rings. The normalized spacial score (nSPS) is 15.3. The summed E-state index contributed by atoms with van der Waals surface area (Å²) in [6.45, 7) is 2.70. The number of rotatable bonds is 5. The number of benzene rings is 2. The van der Waals surface area contributed by atoms with Crippen LogP contribution in [0.5, 0.6) is 5.75 Å². The van der Waals surface area contributed by atoms with Crippen LogP contribution in [0.25, 0.3) is 0 Å². The fraction of sp³-hybridized carbons (Fsp3) is 0.300. The van der Waals surface area contributed by atoms with Gasteiger partial charge in [-0.05, 0) is 36.6 Å². The van der Waals surface area contributed by atoms with Gasteiger partial charge in [-0.2, -0.15) is 0 Å². The minimum Gasteiger partial charge on any atom is -0.506 e. The zero-order chi connectivity index (χ0) is 18.5. The van der Waals surface area contributed by atoms with Gasteiger partial charge in [-0.1, -0.05) is 36.4 Å². The van der Waals surface area contributed by atoms with Crippen LogP contribution in [0.4, 0.5) is 10.5 Å². The first-order valence-corrected chi connectivity index (χ1v) is 8.62. The quantitative estimate of drug-likeness (QED) is 0.809. The minimum atomic E-state index is -0.717. The van der Waals surface area contributed by atoms with E-state index in [1.54, 1.807) is 12.1 Å². The minimum absolute atomic E-state index is 0.0105. The molecule has 0 radical (unpaired) electrons. The van der Waals surface area contributed by atoms with Crippen molar-refractivity contribution in [2.24, 2.45) is 0 Å². The van der Waals surface area contributed by atoms with Crippen LogP contribution in [0.1, 0.15) is 17.5 Å². The van der Waals surface area contributed by atoms with E-state index in [2.05, 4.69) is 5.32 Å². The fourth-order valence-electron chi connectivity index (χ4n) is 3.00. The summed E-state index contributed by atoms with van der Waals surface area (Å²) in [7, 11) is 0. The van der Waals surface area contributed by atoms with Gasteiger partial charge in [0, 0.05) is 13.0 Å². The number of aryl methyl sites for hydroxylation is 1. The Balaban J connectivity index is 1.85. The summed E-state index contributed by atoms with van der Waals surface area (Å²) in [5.41, 5.74) is 2.19. The molecule has 136 valence electrons. The molecule has 0 unspecified atom stereocenters. The summed E-state index contributed by atoms with van der Waals surface area (Å²) in [5.74, 6) is -0.364. The van der Waals surface area contributed by atoms with Gasteiger partial charge in [0.2, 0.25) is 5.91 Å². The number of amides is 2. The van der Waals surface area contributed by atoms with E-state index < -0.39 is 12.1 Å². The molecule has 6 heteroatoms. The van der Waals surface area contributed by atoms with E-state index in [0.717, 1.165) is 11.1 Å². The first-order valence-electron chi connectivity index (χ1n) is 8.62. The molecule has 0 saturated carbocycles. The Bertz CT molecular complexity index is 792. The van der Waals surface area contributed by atoms with Crippen LogP contribution in [0.3, 0.4) is 0 Å². The molecule has 6 nitrogen and oxygen atoms in total. The lowest BCUT2D eigenvalue weighted by Crippen LogP contribution is -2.51. The first kappa shape index (κ1) is 17.8. The number of cyclic esters (lactones) is 1. The van der Waals surface area contributed by atoms with Gasteiger partial charge in [0.15, 0.2) is 0 Å². The molecule has 0 aliphatic carbocycles. The van der Waals surface area contributed by atoms with Gasteiger partial charge in [0.05, 0.1) is 12.3 Å². The first-order chi connectivity index (χ1) is 12.5. The Kier molecular flexibility index (Phi) is 5.41. The highest BCUT2D eigenvalue weighted by Gasteiger charge is 2.33. The molecule has 26 heavy (non-hydrogen) atoms. The lowest BCUT2D eigenvalue weighted by atomic mass is 10.0. The molecule has 3 rings (SSSR count). The number of aromatic hydroxyl groups is 1. The van der Waals surface area contributed by atoms with Crippen molar-refractivity contribution in [3.63, 3.8) is 0 Å². The number of phenolic OH excluding ortho intramolecular Hbond substituents is 1. The predicted octanol–water partition coefficient (Wildman–Crippen LogP) is 3.09. The monoisotopic (exact) mass is 354 g/mol. The summed E-state index contributed by atoms with van der Waals surface area (Å²) in [5, 5.41) is 12.7. The van der Waals surface area contributed by atoms with E-state index in [4.69, 9.17) is 4.74 Å². The molecule has 2 amide bonds. The summed E-state index contributed by atoms with van der Waals surface area (Å²) in [4.78, 5) is 26.6. The second-order valence-electron chi connectivity index (χ2n) is 6.38. The smallest absolute Gasteiger partial charge is 0.410 e. The SMILES string of the molecule is Cc1ccc(O)c(NC(=O)[C@H](Cc2ccccc2)N2CCCOC2=O)c1. The zero-order valence-electron chi connectivity index (χ0n) is 14.6. The number of hydrogen-bond acceptors (Lipinski definition) is 4. The third-order valence-electron chi connectivity index (χ3n) is 4.36. The summed E-state index contributed by atoms with van der Waals surface area (Å²) >= 11 is 0.